The number of likely N-dealkylation sites (tertiary alicyclic amines) is 2. The highest BCUT2D eigenvalue weighted by atomic mass is 35.5. The minimum Gasteiger partial charge on any atom is -0.394 e. The van der Waals surface area contributed by atoms with Crippen LogP contribution in [0.3, 0.4) is 0 Å². The lowest BCUT2D eigenvalue weighted by Crippen LogP contribution is -2.42. The highest BCUT2D eigenvalue weighted by molar-refractivity contribution is 6.30. The first kappa shape index (κ1) is 25.1. The Morgan fingerprint density at radius 2 is 1.59 bits per heavy atom. The molecule has 2 heterocycles. The number of nitrogens with zero attached hydrogens (tertiary/aromatic N) is 3. The van der Waals surface area contributed by atoms with Crippen LogP contribution in [0.4, 0.5) is 4.39 Å². The van der Waals surface area contributed by atoms with Gasteiger partial charge >= 0.3 is 0 Å². The SMILES string of the molecule is OC1(c2ccc(Cl)cc2)CCN(CCC/C(=N/OCCN2CCCC2)c2ccc(F)cc2)CC1. The summed E-state index contributed by atoms with van der Waals surface area (Å²) in [6.07, 6.45) is 5.61. The molecule has 2 fully saturated rings. The van der Waals surface area contributed by atoms with E-state index < -0.39 is 5.60 Å². The Kier molecular flexibility index (Phi) is 8.95. The van der Waals surface area contributed by atoms with Crippen molar-refractivity contribution >= 4 is 17.3 Å². The van der Waals surface area contributed by atoms with Gasteiger partial charge in [0.2, 0.25) is 0 Å². The summed E-state index contributed by atoms with van der Waals surface area (Å²) in [6, 6.07) is 14.0. The van der Waals surface area contributed by atoms with Gasteiger partial charge in [-0.3, -0.25) is 4.90 Å². The summed E-state index contributed by atoms with van der Waals surface area (Å²) in [7, 11) is 0. The van der Waals surface area contributed by atoms with E-state index in [1.54, 1.807) is 12.1 Å². The van der Waals surface area contributed by atoms with Gasteiger partial charge in [0.1, 0.15) is 12.4 Å². The van der Waals surface area contributed by atoms with Crippen molar-refractivity contribution in [1.82, 2.24) is 9.80 Å². The largest absolute Gasteiger partial charge is 0.394 e. The molecule has 2 aromatic rings. The minimum atomic E-state index is -0.787. The van der Waals surface area contributed by atoms with Crippen LogP contribution >= 0.6 is 11.6 Å². The van der Waals surface area contributed by atoms with E-state index in [2.05, 4.69) is 15.0 Å². The Balaban J connectivity index is 1.27. The molecule has 0 spiro atoms. The van der Waals surface area contributed by atoms with Crippen molar-refractivity contribution in [2.75, 3.05) is 45.9 Å². The molecule has 0 aliphatic carbocycles. The molecule has 184 valence electrons. The van der Waals surface area contributed by atoms with Gasteiger partial charge in [0, 0.05) is 24.7 Å². The third-order valence-corrected chi connectivity index (χ3v) is 7.25. The van der Waals surface area contributed by atoms with Crippen LogP contribution in [0.25, 0.3) is 0 Å². The fourth-order valence-electron chi connectivity index (χ4n) is 4.85. The van der Waals surface area contributed by atoms with Crippen LogP contribution in [0.2, 0.25) is 5.02 Å². The van der Waals surface area contributed by atoms with E-state index in [0.29, 0.717) is 24.5 Å². The van der Waals surface area contributed by atoms with Crippen molar-refractivity contribution in [3.8, 4) is 0 Å². The first-order valence-electron chi connectivity index (χ1n) is 12.4. The lowest BCUT2D eigenvalue weighted by Gasteiger charge is -2.38. The standard InChI is InChI=1S/C27H35ClFN3O2/c28-24-9-7-23(8-10-24)27(33)13-18-32(19-14-27)17-3-4-26(22-5-11-25(29)12-6-22)30-34-21-20-31-15-1-2-16-31/h5-12,33H,1-4,13-21H2/b30-26-. The molecular formula is C27H35ClFN3O2. The molecule has 0 aromatic heterocycles. The van der Waals surface area contributed by atoms with Gasteiger partial charge in [-0.2, -0.15) is 0 Å². The van der Waals surface area contributed by atoms with E-state index >= 15 is 0 Å². The maximum Gasteiger partial charge on any atom is 0.129 e. The van der Waals surface area contributed by atoms with Crippen LogP contribution in [0.5, 0.6) is 0 Å². The molecule has 0 bridgehead atoms. The number of hydrogen-bond acceptors (Lipinski definition) is 5. The fraction of sp³-hybridized carbons (Fsp3) is 0.519. The van der Waals surface area contributed by atoms with Gasteiger partial charge in [0.15, 0.2) is 0 Å². The molecule has 34 heavy (non-hydrogen) atoms. The molecule has 7 heteroatoms. The summed E-state index contributed by atoms with van der Waals surface area (Å²) in [6.45, 7) is 6.35. The monoisotopic (exact) mass is 487 g/mol. The smallest absolute Gasteiger partial charge is 0.129 e. The summed E-state index contributed by atoms with van der Waals surface area (Å²) in [4.78, 5) is 10.5. The summed E-state index contributed by atoms with van der Waals surface area (Å²) in [5.41, 5.74) is 1.91. The molecule has 5 nitrogen and oxygen atoms in total. The predicted molar refractivity (Wildman–Crippen MR) is 135 cm³/mol. The molecule has 2 saturated heterocycles. The highest BCUT2D eigenvalue weighted by Gasteiger charge is 2.33. The van der Waals surface area contributed by atoms with Crippen molar-refractivity contribution < 1.29 is 14.3 Å². The van der Waals surface area contributed by atoms with Gasteiger partial charge < -0.3 is 14.8 Å². The van der Waals surface area contributed by atoms with Crippen LogP contribution in [-0.2, 0) is 10.4 Å². The molecule has 0 radical (unpaired) electrons. The van der Waals surface area contributed by atoms with Crippen LogP contribution in [-0.4, -0.2) is 66.5 Å². The van der Waals surface area contributed by atoms with Gasteiger partial charge in [0.05, 0.1) is 11.3 Å². The molecule has 2 aromatic carbocycles. The molecule has 2 aliphatic rings. The van der Waals surface area contributed by atoms with Gasteiger partial charge in [-0.1, -0.05) is 41.0 Å². The first-order valence-corrected chi connectivity index (χ1v) is 12.8. The number of hydrogen-bond donors (Lipinski definition) is 1. The Morgan fingerprint density at radius 3 is 2.26 bits per heavy atom. The van der Waals surface area contributed by atoms with Crippen LogP contribution in [0.15, 0.2) is 53.7 Å². The summed E-state index contributed by atoms with van der Waals surface area (Å²) < 4.78 is 13.4. The van der Waals surface area contributed by atoms with E-state index in [-0.39, 0.29) is 5.82 Å². The zero-order chi connectivity index (χ0) is 23.8. The second-order valence-corrected chi connectivity index (χ2v) is 9.85. The molecule has 2 aliphatic heterocycles. The van der Waals surface area contributed by atoms with E-state index in [9.17, 15) is 9.50 Å². The Bertz CT molecular complexity index is 922. The third-order valence-electron chi connectivity index (χ3n) is 7.00. The first-order chi connectivity index (χ1) is 16.5. The quantitative estimate of drug-likeness (QED) is 0.289. The molecular weight excluding hydrogens is 453 g/mol. The number of aliphatic hydroxyl groups is 1. The maximum atomic E-state index is 13.4. The highest BCUT2D eigenvalue weighted by Crippen LogP contribution is 2.33. The summed E-state index contributed by atoms with van der Waals surface area (Å²) in [5.74, 6) is -0.250. The van der Waals surface area contributed by atoms with Crippen molar-refractivity contribution in [1.29, 1.82) is 0 Å². The van der Waals surface area contributed by atoms with E-state index in [0.717, 1.165) is 68.9 Å². The topological polar surface area (TPSA) is 48.3 Å². The number of benzene rings is 2. The normalized spacial score (nSPS) is 19.4. The van der Waals surface area contributed by atoms with E-state index in [1.165, 1.54) is 25.0 Å². The second-order valence-electron chi connectivity index (χ2n) is 9.41. The average Bonchev–Trinajstić information content (AvgIpc) is 3.36. The zero-order valence-electron chi connectivity index (χ0n) is 19.8. The predicted octanol–water partition coefficient (Wildman–Crippen LogP) is 5.06. The van der Waals surface area contributed by atoms with E-state index in [4.69, 9.17) is 16.4 Å². The molecule has 0 amide bonds. The number of rotatable bonds is 10. The lowest BCUT2D eigenvalue weighted by molar-refractivity contribution is -0.0259. The minimum absolute atomic E-state index is 0.250. The van der Waals surface area contributed by atoms with Crippen LogP contribution in [0, 0.1) is 5.82 Å². The fourth-order valence-corrected chi connectivity index (χ4v) is 4.98. The Hall–Kier alpha value is -1.99. The van der Waals surface area contributed by atoms with Crippen LogP contribution < -0.4 is 0 Å². The molecule has 0 saturated carbocycles. The van der Waals surface area contributed by atoms with Gasteiger partial charge in [-0.15, -0.1) is 0 Å². The van der Waals surface area contributed by atoms with Crippen molar-refractivity contribution in [3.63, 3.8) is 0 Å². The van der Waals surface area contributed by atoms with Crippen molar-refractivity contribution in [3.05, 3.63) is 70.5 Å². The van der Waals surface area contributed by atoms with Gasteiger partial charge in [0.25, 0.3) is 0 Å². The van der Waals surface area contributed by atoms with Crippen LogP contribution in [0.1, 0.15) is 49.7 Å². The molecule has 4 rings (SSSR count). The third kappa shape index (κ3) is 7.01. The van der Waals surface area contributed by atoms with E-state index in [1.807, 2.05) is 24.3 Å². The maximum absolute atomic E-state index is 13.4. The average molecular weight is 488 g/mol. The Morgan fingerprint density at radius 1 is 0.941 bits per heavy atom. The molecule has 0 atom stereocenters. The van der Waals surface area contributed by atoms with Gasteiger partial charge in [-0.25, -0.2) is 4.39 Å². The molecule has 1 N–H and O–H groups in total. The summed E-state index contributed by atoms with van der Waals surface area (Å²) >= 11 is 5.99. The zero-order valence-corrected chi connectivity index (χ0v) is 20.5. The number of oxime groups is 1. The number of piperidine rings is 1. The molecule has 0 unspecified atom stereocenters. The van der Waals surface area contributed by atoms with Crippen molar-refractivity contribution in [2.45, 2.75) is 44.1 Å². The number of halogens is 2. The lowest BCUT2D eigenvalue weighted by atomic mass is 9.84. The Labute approximate surface area is 207 Å². The summed E-state index contributed by atoms with van der Waals surface area (Å²) in [5, 5.41) is 16.2. The second kappa shape index (κ2) is 12.1. The van der Waals surface area contributed by atoms with Gasteiger partial charge in [-0.05, 0) is 93.6 Å². The van der Waals surface area contributed by atoms with Crippen molar-refractivity contribution in [2.24, 2.45) is 5.16 Å².